The maximum Gasteiger partial charge on any atom is 0.422 e. The molecule has 3 aliphatic heterocycles. The zero-order chi connectivity index (χ0) is 38.7. The van der Waals surface area contributed by atoms with E-state index in [0.29, 0.717) is 33.0 Å². The Morgan fingerprint density at radius 2 is 1.00 bits per heavy atom. The average molecular weight is 800 g/mol. The molecule has 1 aliphatic carbocycles. The van der Waals surface area contributed by atoms with Gasteiger partial charge in [0.15, 0.2) is 5.78 Å². The molecule has 54 heavy (non-hydrogen) atoms. The molecule has 4 aromatic rings. The Morgan fingerprint density at radius 1 is 0.593 bits per heavy atom. The van der Waals surface area contributed by atoms with Crippen molar-refractivity contribution < 1.29 is 38.2 Å². The highest BCUT2D eigenvalue weighted by Gasteiger charge is 2.54. The van der Waals surface area contributed by atoms with Crippen LogP contribution in [-0.2, 0) is 28.7 Å². The van der Waals surface area contributed by atoms with Crippen LogP contribution < -0.4 is 5.32 Å². The first-order valence-corrected chi connectivity index (χ1v) is 20.2. The fourth-order valence-electron chi connectivity index (χ4n) is 6.21. The van der Waals surface area contributed by atoms with E-state index in [0.717, 1.165) is 25.1 Å². The van der Waals surface area contributed by atoms with Crippen LogP contribution in [0, 0.1) is 0 Å². The topological polar surface area (TPSA) is 139 Å². The Bertz CT molecular complexity index is 2180. The summed E-state index contributed by atoms with van der Waals surface area (Å²) >= 11 is 5.62. The molecule has 276 valence electrons. The molecule has 5 amide bonds. The number of imide groups is 2. The van der Waals surface area contributed by atoms with Gasteiger partial charge in [0.2, 0.25) is 0 Å². The SMILES string of the molecule is CC(C)(C)OC(=O)N1C(=O)C2=C(c3cccs3)N(C(=O)OC(C)(C)C)C(=O)C2=C1c1cccs1.O=C1CC(c2cccs2)=C2C(=O)NC(c3cccs3)=C12. The fraction of sp³-hybridized carbons (Fsp3) is 0.231. The minimum absolute atomic E-state index is 0.0208. The predicted octanol–water partition coefficient (Wildman–Crippen LogP) is 8.56. The van der Waals surface area contributed by atoms with E-state index in [1.807, 2.05) is 35.0 Å². The molecule has 0 aromatic carbocycles. The van der Waals surface area contributed by atoms with E-state index in [2.05, 4.69) is 5.32 Å². The number of rotatable bonds is 4. The number of hydrogen-bond acceptors (Lipinski definition) is 12. The van der Waals surface area contributed by atoms with E-state index in [1.165, 1.54) is 34.0 Å². The molecule has 0 spiro atoms. The largest absolute Gasteiger partial charge is 0.443 e. The third-order valence-corrected chi connectivity index (χ3v) is 11.7. The molecule has 0 bridgehead atoms. The highest BCUT2D eigenvalue weighted by atomic mass is 32.1. The lowest BCUT2D eigenvalue weighted by Crippen LogP contribution is -2.40. The average Bonchev–Trinajstić information content (AvgIpc) is 3.92. The number of hydrogen-bond donors (Lipinski definition) is 1. The van der Waals surface area contributed by atoms with Gasteiger partial charge in [0.1, 0.15) is 11.2 Å². The van der Waals surface area contributed by atoms with Crippen LogP contribution in [-0.4, -0.2) is 56.7 Å². The third-order valence-electron chi connectivity index (χ3n) is 8.14. The number of ketones is 1. The van der Waals surface area contributed by atoms with Crippen LogP contribution in [0.25, 0.3) is 22.7 Å². The predicted molar refractivity (Wildman–Crippen MR) is 209 cm³/mol. The first-order valence-electron chi connectivity index (χ1n) is 16.7. The smallest absolute Gasteiger partial charge is 0.422 e. The Morgan fingerprint density at radius 3 is 1.39 bits per heavy atom. The quantitative estimate of drug-likeness (QED) is 0.217. The number of carbonyl (C=O) groups is 6. The lowest BCUT2D eigenvalue weighted by atomic mass is 10.1. The molecule has 4 aliphatic rings. The van der Waals surface area contributed by atoms with Gasteiger partial charge in [-0.1, -0.05) is 24.3 Å². The second kappa shape index (κ2) is 13.9. The van der Waals surface area contributed by atoms with Gasteiger partial charge in [0.05, 0.1) is 54.0 Å². The number of thiophene rings is 4. The summed E-state index contributed by atoms with van der Waals surface area (Å²) in [5.41, 5.74) is 1.13. The van der Waals surface area contributed by atoms with Crippen molar-refractivity contribution in [2.24, 2.45) is 0 Å². The minimum atomic E-state index is -0.891. The number of nitrogens with zero attached hydrogens (tertiary/aromatic N) is 2. The van der Waals surface area contributed by atoms with E-state index in [4.69, 9.17) is 9.47 Å². The van der Waals surface area contributed by atoms with Gasteiger partial charge in [0.25, 0.3) is 17.7 Å². The first kappa shape index (κ1) is 37.1. The molecule has 0 unspecified atom stereocenters. The number of ether oxygens (including phenoxy) is 2. The summed E-state index contributed by atoms with van der Waals surface area (Å²) in [6, 6.07) is 14.6. The monoisotopic (exact) mass is 799 g/mol. The van der Waals surface area contributed by atoms with E-state index < -0.39 is 35.2 Å². The van der Waals surface area contributed by atoms with Crippen molar-refractivity contribution in [1.82, 2.24) is 15.1 Å². The van der Waals surface area contributed by atoms with E-state index >= 15 is 0 Å². The second-order valence-electron chi connectivity index (χ2n) is 14.3. The molecule has 8 rings (SSSR count). The maximum absolute atomic E-state index is 13.7. The number of fused-ring (bicyclic) bond motifs is 2. The van der Waals surface area contributed by atoms with Crippen LogP contribution in [0.3, 0.4) is 0 Å². The van der Waals surface area contributed by atoms with Gasteiger partial charge in [0, 0.05) is 11.3 Å². The van der Waals surface area contributed by atoms with Gasteiger partial charge in [-0.15, -0.1) is 45.3 Å². The Hall–Kier alpha value is -5.22. The number of nitrogens with one attached hydrogen (secondary N) is 1. The van der Waals surface area contributed by atoms with Gasteiger partial charge in [-0.2, -0.15) is 0 Å². The van der Waals surface area contributed by atoms with E-state index in [1.54, 1.807) is 87.9 Å². The molecule has 0 radical (unpaired) electrons. The Labute approximate surface area is 326 Å². The van der Waals surface area contributed by atoms with Crippen LogP contribution in [0.4, 0.5) is 9.59 Å². The summed E-state index contributed by atoms with van der Waals surface area (Å²) in [5, 5.41) is 10.3. The third kappa shape index (κ3) is 6.72. The fourth-order valence-corrected chi connectivity index (χ4v) is 9.25. The van der Waals surface area contributed by atoms with Crippen molar-refractivity contribution in [2.75, 3.05) is 0 Å². The van der Waals surface area contributed by atoms with Gasteiger partial charge in [-0.25, -0.2) is 19.4 Å². The first-order chi connectivity index (χ1) is 25.6. The van der Waals surface area contributed by atoms with Gasteiger partial charge < -0.3 is 14.8 Å². The van der Waals surface area contributed by atoms with Gasteiger partial charge in [-0.05, 0) is 92.9 Å². The molecule has 0 saturated carbocycles. The number of allylic oxidation sites excluding steroid dienone is 1. The van der Waals surface area contributed by atoms with Gasteiger partial charge >= 0.3 is 12.2 Å². The number of amides is 5. The van der Waals surface area contributed by atoms with Crippen LogP contribution in [0.1, 0.15) is 67.5 Å². The minimum Gasteiger partial charge on any atom is -0.443 e. The summed E-state index contributed by atoms with van der Waals surface area (Å²) in [6.07, 6.45) is -1.46. The zero-order valence-electron chi connectivity index (χ0n) is 29.9. The molecular formula is C39H33N3O8S4. The van der Waals surface area contributed by atoms with Crippen molar-refractivity contribution in [3.63, 3.8) is 0 Å². The molecule has 0 fully saturated rings. The number of carbonyl (C=O) groups excluding carboxylic acids is 6. The summed E-state index contributed by atoms with van der Waals surface area (Å²) in [7, 11) is 0. The molecule has 15 heteroatoms. The molecule has 7 heterocycles. The lowest BCUT2D eigenvalue weighted by Gasteiger charge is -2.27. The molecular weight excluding hydrogens is 767 g/mol. The molecule has 11 nitrogen and oxygen atoms in total. The van der Waals surface area contributed by atoms with Crippen LogP contribution in [0.5, 0.6) is 0 Å². The highest BCUT2D eigenvalue weighted by molar-refractivity contribution is 7.12. The summed E-state index contributed by atoms with van der Waals surface area (Å²) < 4.78 is 11.0. The van der Waals surface area contributed by atoms with Crippen molar-refractivity contribution in [2.45, 2.75) is 59.2 Å². The maximum atomic E-state index is 13.7. The second-order valence-corrected chi connectivity index (χ2v) is 18.0. The summed E-state index contributed by atoms with van der Waals surface area (Å²) in [5.74, 6) is -1.58. The molecule has 4 aromatic heterocycles. The van der Waals surface area contributed by atoms with E-state index in [-0.39, 0.29) is 34.2 Å². The Kier molecular flexibility index (Phi) is 9.54. The summed E-state index contributed by atoms with van der Waals surface area (Å²) in [4.78, 5) is 83.1. The normalized spacial score (nSPS) is 17.1. The zero-order valence-corrected chi connectivity index (χ0v) is 33.2. The summed E-state index contributed by atoms with van der Waals surface area (Å²) in [6.45, 7) is 10.1. The van der Waals surface area contributed by atoms with Crippen LogP contribution in [0.2, 0.25) is 0 Å². The van der Waals surface area contributed by atoms with Gasteiger partial charge in [-0.3, -0.25) is 19.2 Å². The van der Waals surface area contributed by atoms with E-state index in [9.17, 15) is 28.8 Å². The molecule has 0 atom stereocenters. The molecule has 0 saturated heterocycles. The van der Waals surface area contributed by atoms with Crippen molar-refractivity contribution >= 4 is 104 Å². The molecule has 1 N–H and O–H groups in total. The number of Topliss-reactive ketones (excluding diaryl/α,β-unsaturated/α-hetero) is 1. The van der Waals surface area contributed by atoms with Crippen molar-refractivity contribution in [1.29, 1.82) is 0 Å². The van der Waals surface area contributed by atoms with Crippen LogP contribution >= 0.6 is 45.3 Å². The lowest BCUT2D eigenvalue weighted by molar-refractivity contribution is -0.123. The highest BCUT2D eigenvalue weighted by Crippen LogP contribution is 2.49. The van der Waals surface area contributed by atoms with Crippen molar-refractivity contribution in [3.8, 4) is 0 Å². The Balaban J connectivity index is 0.000000189. The van der Waals surface area contributed by atoms with Crippen LogP contribution in [0.15, 0.2) is 92.3 Å². The van der Waals surface area contributed by atoms with Crippen molar-refractivity contribution in [3.05, 3.63) is 112 Å². The standard InChI is InChI=1S/C24H24N2O6S2.C15H9NO2S2/c1-23(2,3)31-21(29)25-17(13-9-7-11-33-13)15-16(19(25)27)18(14-10-8-12-34-14)26(20(15)28)22(30)32-24(4,5)6;17-9-7-8(10-3-1-5-19-10)12-13(9)14(16-15(12)18)11-4-2-6-20-11/h7-12H,1-6H3;1-6H,7H2,(H,16,18).